The number of nitrogens with zero attached hydrogens (tertiary/aromatic N) is 2. The molecule has 0 aliphatic carbocycles. The lowest BCUT2D eigenvalue weighted by atomic mass is 10.1. The van der Waals surface area contributed by atoms with Crippen LogP contribution in [0.2, 0.25) is 0 Å². The zero-order valence-corrected chi connectivity index (χ0v) is 16.5. The van der Waals surface area contributed by atoms with Gasteiger partial charge >= 0.3 is 0 Å². The zero-order valence-electron chi connectivity index (χ0n) is 15.6. The molecule has 0 radical (unpaired) electrons. The molecule has 0 amide bonds. The van der Waals surface area contributed by atoms with Gasteiger partial charge in [0.05, 0.1) is 11.1 Å². The maximum Gasteiger partial charge on any atom is 0.186 e. The Kier molecular flexibility index (Phi) is 4.34. The third-order valence-corrected chi connectivity index (χ3v) is 8.01. The molecule has 0 aliphatic rings. The zero-order chi connectivity index (χ0) is 19.7. The van der Waals surface area contributed by atoms with Crippen LogP contribution in [0.3, 0.4) is 0 Å². The van der Waals surface area contributed by atoms with Crippen molar-refractivity contribution in [3.05, 3.63) is 103 Å². The van der Waals surface area contributed by atoms with Crippen LogP contribution in [0.5, 0.6) is 0 Å². The van der Waals surface area contributed by atoms with Crippen LogP contribution in [0.25, 0.3) is 22.3 Å². The molecule has 140 valence electrons. The van der Waals surface area contributed by atoms with Gasteiger partial charge in [-0.1, -0.05) is 91.0 Å². The smallest absolute Gasteiger partial charge is 0.186 e. The van der Waals surface area contributed by atoms with Crippen LogP contribution in [0.4, 0.5) is 0 Å². The fourth-order valence-corrected chi connectivity index (χ4v) is 6.24. The van der Waals surface area contributed by atoms with Gasteiger partial charge in [-0.3, -0.25) is 0 Å². The van der Waals surface area contributed by atoms with E-state index in [1.165, 1.54) is 0 Å². The number of aromatic nitrogens is 3. The van der Waals surface area contributed by atoms with E-state index in [4.69, 9.17) is 0 Å². The highest BCUT2D eigenvalue weighted by molar-refractivity contribution is 7.85. The number of benzene rings is 3. The molecule has 0 unspecified atom stereocenters. The molecule has 3 aromatic carbocycles. The molecule has 0 aliphatic heterocycles. The van der Waals surface area contributed by atoms with E-state index in [-0.39, 0.29) is 0 Å². The summed E-state index contributed by atoms with van der Waals surface area (Å²) in [6.07, 6.45) is 1.54. The fraction of sp³-hybridized carbons (Fsp3) is 0. The summed E-state index contributed by atoms with van der Waals surface area (Å²) in [4.78, 5) is 12.2. The Balaban J connectivity index is 1.77. The number of hydrogen-bond donors (Lipinski definition) is 1. The molecule has 0 saturated carbocycles. The SMILES string of the molecule is O=P(c1ccccc1)(c1ccccc1)c1cc2c(-c3ccccc3)ncnc2[nH]1. The lowest BCUT2D eigenvalue weighted by molar-refractivity contribution is 0.592. The summed E-state index contributed by atoms with van der Waals surface area (Å²) in [5, 5.41) is 2.43. The molecule has 0 atom stereocenters. The van der Waals surface area contributed by atoms with Gasteiger partial charge in [0.2, 0.25) is 0 Å². The molecule has 4 nitrogen and oxygen atoms in total. The molecule has 5 aromatic rings. The highest BCUT2D eigenvalue weighted by Crippen LogP contribution is 2.43. The van der Waals surface area contributed by atoms with Crippen LogP contribution in [0.15, 0.2) is 103 Å². The molecule has 0 saturated heterocycles. The minimum Gasteiger partial charge on any atom is -0.336 e. The van der Waals surface area contributed by atoms with Crippen molar-refractivity contribution in [3.63, 3.8) is 0 Å². The minimum absolute atomic E-state index is 0.655. The van der Waals surface area contributed by atoms with Crippen molar-refractivity contribution in [1.82, 2.24) is 15.0 Å². The number of aromatic amines is 1. The van der Waals surface area contributed by atoms with Crippen molar-refractivity contribution in [2.45, 2.75) is 0 Å². The average molecular weight is 395 g/mol. The van der Waals surface area contributed by atoms with Gasteiger partial charge < -0.3 is 9.55 Å². The number of H-pyrrole nitrogens is 1. The first-order valence-corrected chi connectivity index (χ1v) is 11.1. The molecule has 2 aromatic heterocycles. The van der Waals surface area contributed by atoms with Crippen LogP contribution in [0, 0.1) is 0 Å². The Labute approximate surface area is 168 Å². The number of hydrogen-bond acceptors (Lipinski definition) is 3. The Morgan fingerprint density at radius 1 is 0.690 bits per heavy atom. The summed E-state index contributed by atoms with van der Waals surface area (Å²) < 4.78 is 14.6. The predicted octanol–water partition coefficient (Wildman–Crippen LogP) is 4.26. The molecule has 5 rings (SSSR count). The highest BCUT2D eigenvalue weighted by atomic mass is 31.2. The first kappa shape index (κ1) is 17.6. The van der Waals surface area contributed by atoms with Gasteiger partial charge in [-0.05, 0) is 6.07 Å². The second-order valence-corrected chi connectivity index (χ2v) is 9.52. The van der Waals surface area contributed by atoms with E-state index in [0.717, 1.165) is 27.3 Å². The molecule has 0 spiro atoms. The van der Waals surface area contributed by atoms with Crippen LogP contribution in [0.1, 0.15) is 0 Å². The lowest BCUT2D eigenvalue weighted by Gasteiger charge is -2.18. The van der Waals surface area contributed by atoms with E-state index in [1.807, 2.05) is 97.1 Å². The first-order chi connectivity index (χ1) is 14.3. The summed E-state index contributed by atoms with van der Waals surface area (Å²) in [5.41, 5.74) is 3.16. The van der Waals surface area contributed by atoms with E-state index in [0.29, 0.717) is 11.1 Å². The van der Waals surface area contributed by atoms with Crippen molar-refractivity contribution >= 4 is 34.2 Å². The number of fused-ring (bicyclic) bond motifs is 1. The lowest BCUT2D eigenvalue weighted by Crippen LogP contribution is -2.25. The minimum atomic E-state index is -3.08. The average Bonchev–Trinajstić information content (AvgIpc) is 3.25. The maximum atomic E-state index is 14.6. The molecule has 1 N–H and O–H groups in total. The van der Waals surface area contributed by atoms with Gasteiger partial charge in [0, 0.05) is 21.6 Å². The Morgan fingerprint density at radius 3 is 1.83 bits per heavy atom. The largest absolute Gasteiger partial charge is 0.336 e. The van der Waals surface area contributed by atoms with Gasteiger partial charge in [-0.2, -0.15) is 0 Å². The standard InChI is InChI=1S/C24H18N3OP/c28-29(19-12-6-2-7-13-19,20-14-8-3-9-15-20)22-16-21-23(18-10-4-1-5-11-18)25-17-26-24(21)27-22/h1-17H,(H,25,26,27). The summed E-state index contributed by atoms with van der Waals surface area (Å²) in [6.45, 7) is 0. The third-order valence-electron chi connectivity index (χ3n) is 5.04. The van der Waals surface area contributed by atoms with Gasteiger partial charge in [0.1, 0.15) is 12.0 Å². The Hall–Kier alpha value is -3.49. The third kappa shape index (κ3) is 2.98. The molecule has 0 bridgehead atoms. The fourth-order valence-electron chi connectivity index (χ4n) is 3.62. The maximum absolute atomic E-state index is 14.6. The van der Waals surface area contributed by atoms with Crippen molar-refractivity contribution < 1.29 is 4.57 Å². The van der Waals surface area contributed by atoms with Crippen molar-refractivity contribution in [3.8, 4) is 11.3 Å². The van der Waals surface area contributed by atoms with E-state index in [9.17, 15) is 4.57 Å². The summed E-state index contributed by atoms with van der Waals surface area (Å²) >= 11 is 0. The first-order valence-electron chi connectivity index (χ1n) is 9.38. The highest BCUT2D eigenvalue weighted by Gasteiger charge is 2.31. The van der Waals surface area contributed by atoms with Crippen LogP contribution in [-0.2, 0) is 4.57 Å². The van der Waals surface area contributed by atoms with Gasteiger partial charge in [-0.25, -0.2) is 9.97 Å². The number of rotatable bonds is 4. The summed E-state index contributed by atoms with van der Waals surface area (Å²) in [5.74, 6) is 0. The van der Waals surface area contributed by atoms with E-state index in [2.05, 4.69) is 15.0 Å². The molecule has 5 heteroatoms. The summed E-state index contributed by atoms with van der Waals surface area (Å²) in [6, 6.07) is 31.1. The predicted molar refractivity (Wildman–Crippen MR) is 119 cm³/mol. The monoisotopic (exact) mass is 395 g/mol. The van der Waals surface area contributed by atoms with Gasteiger partial charge in [0.15, 0.2) is 7.14 Å². The van der Waals surface area contributed by atoms with Crippen molar-refractivity contribution in [1.29, 1.82) is 0 Å². The topological polar surface area (TPSA) is 58.6 Å². The molecular formula is C24H18N3OP. The molecule has 29 heavy (non-hydrogen) atoms. The van der Waals surface area contributed by atoms with Crippen molar-refractivity contribution in [2.75, 3.05) is 0 Å². The van der Waals surface area contributed by atoms with Crippen LogP contribution < -0.4 is 16.0 Å². The Bertz CT molecular complexity index is 1270. The molecule has 0 fully saturated rings. The molecule has 2 heterocycles. The summed E-state index contributed by atoms with van der Waals surface area (Å²) in [7, 11) is -3.08. The van der Waals surface area contributed by atoms with E-state index >= 15 is 0 Å². The van der Waals surface area contributed by atoms with Gasteiger partial charge in [0.25, 0.3) is 0 Å². The number of nitrogens with one attached hydrogen (secondary N) is 1. The van der Waals surface area contributed by atoms with Crippen LogP contribution in [-0.4, -0.2) is 15.0 Å². The van der Waals surface area contributed by atoms with Crippen molar-refractivity contribution in [2.24, 2.45) is 0 Å². The molecular weight excluding hydrogens is 377 g/mol. The van der Waals surface area contributed by atoms with Gasteiger partial charge in [-0.15, -0.1) is 0 Å². The quantitative estimate of drug-likeness (QED) is 0.463. The van der Waals surface area contributed by atoms with E-state index < -0.39 is 7.14 Å². The second-order valence-electron chi connectivity index (χ2n) is 6.79. The normalized spacial score (nSPS) is 11.6. The Morgan fingerprint density at radius 2 is 1.24 bits per heavy atom. The second kappa shape index (κ2) is 7.16. The van der Waals surface area contributed by atoms with Crippen LogP contribution >= 0.6 is 7.14 Å². The van der Waals surface area contributed by atoms with E-state index in [1.54, 1.807) is 6.33 Å².